The van der Waals surface area contributed by atoms with Gasteiger partial charge in [0.05, 0.1) is 22.7 Å². The predicted octanol–water partition coefficient (Wildman–Crippen LogP) is 0.631. The summed E-state index contributed by atoms with van der Waals surface area (Å²) in [7, 11) is -1.95. The van der Waals surface area contributed by atoms with E-state index in [1.165, 1.54) is 18.5 Å². The van der Waals surface area contributed by atoms with Crippen LogP contribution in [0, 0.1) is 0 Å². The molecule has 1 saturated heterocycles. The van der Waals surface area contributed by atoms with Crippen LogP contribution in [0.1, 0.15) is 6.42 Å². The number of aliphatic hydroxyl groups is 1. The number of fused-ring (bicyclic) bond motifs is 1. The van der Waals surface area contributed by atoms with Gasteiger partial charge in [0.15, 0.2) is 5.82 Å². The molecular formula is C21H24N6O4S. The number of aromatic nitrogens is 3. The van der Waals surface area contributed by atoms with Gasteiger partial charge in [-0.1, -0.05) is 12.1 Å². The molecular weight excluding hydrogens is 432 g/mol. The van der Waals surface area contributed by atoms with Crippen LogP contribution in [0.25, 0.3) is 22.3 Å². The van der Waals surface area contributed by atoms with E-state index in [0.717, 1.165) is 0 Å². The molecule has 168 valence electrons. The fraction of sp³-hybridized carbons (Fsp3) is 0.333. The second-order valence-electron chi connectivity index (χ2n) is 7.46. The molecule has 0 unspecified atom stereocenters. The number of pyridine rings is 1. The topological polar surface area (TPSA) is 129 Å². The predicted molar refractivity (Wildman–Crippen MR) is 120 cm³/mol. The van der Waals surface area contributed by atoms with E-state index in [1.54, 1.807) is 30.1 Å². The van der Waals surface area contributed by atoms with Gasteiger partial charge < -0.3 is 14.9 Å². The lowest BCUT2D eigenvalue weighted by Crippen LogP contribution is -2.30. The first kappa shape index (κ1) is 22.1. The van der Waals surface area contributed by atoms with Gasteiger partial charge in [0.1, 0.15) is 11.8 Å². The van der Waals surface area contributed by atoms with Crippen LogP contribution in [0.15, 0.2) is 47.6 Å². The lowest BCUT2D eigenvalue weighted by Gasteiger charge is -2.22. The number of nitrogens with zero attached hydrogens (tertiary/aromatic N) is 5. The minimum Gasteiger partial charge on any atom is -0.395 e. The number of sulfonamides is 1. The third-order valence-electron chi connectivity index (χ3n) is 5.33. The van der Waals surface area contributed by atoms with Crippen LogP contribution in [0.3, 0.4) is 0 Å². The molecule has 3 heterocycles. The maximum Gasteiger partial charge on any atom is 0.240 e. The lowest BCUT2D eigenvalue weighted by atomic mass is 10.1. The number of carbonyl (C=O) groups excluding carboxylic acids is 1. The molecule has 0 radical (unpaired) electrons. The van der Waals surface area contributed by atoms with E-state index in [0.29, 0.717) is 54.2 Å². The Kier molecular flexibility index (Phi) is 6.31. The largest absolute Gasteiger partial charge is 0.395 e. The van der Waals surface area contributed by atoms with Gasteiger partial charge >= 0.3 is 0 Å². The molecule has 3 aromatic rings. The standard InChI is InChI=1S/C21H24N6O4S/c1-26-10-11-27(9-7-19(26)29)21-20-18(22-14-23-21)6-5-17(25-20)15-3-2-4-16(13-15)32(30,31)24-8-12-28/h2-6,13-14,24,28H,7-12H2,1H3. The summed E-state index contributed by atoms with van der Waals surface area (Å²) in [5.41, 5.74) is 2.46. The Labute approximate surface area is 186 Å². The maximum atomic E-state index is 12.4. The number of anilines is 1. The molecule has 32 heavy (non-hydrogen) atoms. The Morgan fingerprint density at radius 2 is 1.97 bits per heavy atom. The Morgan fingerprint density at radius 1 is 1.12 bits per heavy atom. The van der Waals surface area contributed by atoms with Crippen molar-refractivity contribution in [1.82, 2.24) is 24.6 Å². The highest BCUT2D eigenvalue weighted by atomic mass is 32.2. The van der Waals surface area contributed by atoms with E-state index in [2.05, 4.69) is 14.7 Å². The summed E-state index contributed by atoms with van der Waals surface area (Å²) in [5.74, 6) is 0.737. The summed E-state index contributed by atoms with van der Waals surface area (Å²) in [6.45, 7) is 1.40. The molecule has 2 aromatic heterocycles. The third-order valence-corrected chi connectivity index (χ3v) is 6.79. The minimum atomic E-state index is -3.74. The van der Waals surface area contributed by atoms with Crippen molar-refractivity contribution < 1.29 is 18.3 Å². The average Bonchev–Trinajstić information content (AvgIpc) is 2.98. The highest BCUT2D eigenvalue weighted by Crippen LogP contribution is 2.27. The summed E-state index contributed by atoms with van der Waals surface area (Å²) in [6.07, 6.45) is 1.87. The summed E-state index contributed by atoms with van der Waals surface area (Å²) in [5, 5.41) is 8.92. The molecule has 1 amide bonds. The molecule has 1 aliphatic heterocycles. The molecule has 2 N–H and O–H groups in total. The molecule has 10 nitrogen and oxygen atoms in total. The van der Waals surface area contributed by atoms with Crippen molar-refractivity contribution in [3.05, 3.63) is 42.7 Å². The van der Waals surface area contributed by atoms with Crippen LogP contribution in [-0.2, 0) is 14.8 Å². The number of benzene rings is 1. The van der Waals surface area contributed by atoms with Crippen molar-refractivity contribution >= 4 is 32.8 Å². The smallest absolute Gasteiger partial charge is 0.240 e. The van der Waals surface area contributed by atoms with Crippen molar-refractivity contribution in [3.8, 4) is 11.3 Å². The molecule has 4 rings (SSSR count). The molecule has 1 fully saturated rings. The average molecular weight is 457 g/mol. The monoisotopic (exact) mass is 456 g/mol. The fourth-order valence-electron chi connectivity index (χ4n) is 3.55. The normalized spacial score (nSPS) is 15.2. The van der Waals surface area contributed by atoms with E-state index >= 15 is 0 Å². The molecule has 1 aromatic carbocycles. The zero-order chi connectivity index (χ0) is 22.7. The zero-order valence-corrected chi connectivity index (χ0v) is 18.4. The molecule has 0 aliphatic carbocycles. The summed E-state index contributed by atoms with van der Waals surface area (Å²) >= 11 is 0. The second kappa shape index (κ2) is 9.15. The van der Waals surface area contributed by atoms with Gasteiger partial charge in [-0.25, -0.2) is 28.1 Å². The van der Waals surface area contributed by atoms with Gasteiger partial charge in [-0.2, -0.15) is 0 Å². The van der Waals surface area contributed by atoms with E-state index in [-0.39, 0.29) is 24.0 Å². The van der Waals surface area contributed by atoms with Crippen LogP contribution >= 0.6 is 0 Å². The summed E-state index contributed by atoms with van der Waals surface area (Å²) < 4.78 is 27.2. The molecule has 1 aliphatic rings. The number of hydrogen-bond acceptors (Lipinski definition) is 8. The molecule has 11 heteroatoms. The van der Waals surface area contributed by atoms with Crippen LogP contribution < -0.4 is 9.62 Å². The summed E-state index contributed by atoms with van der Waals surface area (Å²) in [6, 6.07) is 10.1. The van der Waals surface area contributed by atoms with Crippen molar-refractivity contribution in [2.75, 3.05) is 44.7 Å². The molecule has 0 atom stereocenters. The van der Waals surface area contributed by atoms with Gasteiger partial charge in [-0.05, 0) is 24.3 Å². The highest BCUT2D eigenvalue weighted by molar-refractivity contribution is 7.89. The van der Waals surface area contributed by atoms with E-state index in [9.17, 15) is 13.2 Å². The molecule has 0 spiro atoms. The first-order valence-electron chi connectivity index (χ1n) is 10.2. The highest BCUT2D eigenvalue weighted by Gasteiger charge is 2.21. The minimum absolute atomic E-state index is 0.0605. The maximum absolute atomic E-state index is 12.4. The SMILES string of the molecule is CN1CCN(c2ncnc3ccc(-c4cccc(S(=O)(=O)NCCO)c4)nc23)CCC1=O. The first-order valence-corrected chi connectivity index (χ1v) is 11.7. The number of amides is 1. The van der Waals surface area contributed by atoms with Crippen molar-refractivity contribution in [1.29, 1.82) is 0 Å². The quantitative estimate of drug-likeness (QED) is 0.553. The Hall–Kier alpha value is -3.15. The van der Waals surface area contributed by atoms with Gasteiger partial charge in [-0.15, -0.1) is 0 Å². The van der Waals surface area contributed by atoms with Gasteiger partial charge in [0, 0.05) is 45.2 Å². The van der Waals surface area contributed by atoms with Gasteiger partial charge in [-0.3, -0.25) is 4.79 Å². The van der Waals surface area contributed by atoms with Crippen molar-refractivity contribution in [2.24, 2.45) is 0 Å². The number of rotatable bonds is 6. The number of aliphatic hydroxyl groups excluding tert-OH is 1. The third kappa shape index (κ3) is 4.54. The van der Waals surface area contributed by atoms with Gasteiger partial charge in [0.2, 0.25) is 15.9 Å². The number of carbonyl (C=O) groups is 1. The number of hydrogen-bond donors (Lipinski definition) is 2. The first-order chi connectivity index (χ1) is 15.4. The fourth-order valence-corrected chi connectivity index (χ4v) is 4.61. The molecule has 0 bridgehead atoms. The van der Waals surface area contributed by atoms with E-state index < -0.39 is 10.0 Å². The number of likely N-dealkylation sites (N-methyl/N-ethyl adjacent to an activating group) is 1. The second-order valence-corrected chi connectivity index (χ2v) is 9.23. The van der Waals surface area contributed by atoms with E-state index in [1.807, 2.05) is 11.0 Å². The van der Waals surface area contributed by atoms with Crippen molar-refractivity contribution in [2.45, 2.75) is 11.3 Å². The van der Waals surface area contributed by atoms with Crippen LogP contribution in [0.4, 0.5) is 5.82 Å². The van der Waals surface area contributed by atoms with Crippen LogP contribution in [0.5, 0.6) is 0 Å². The Bertz CT molecular complexity index is 1250. The lowest BCUT2D eigenvalue weighted by molar-refractivity contribution is -0.129. The van der Waals surface area contributed by atoms with E-state index in [4.69, 9.17) is 10.1 Å². The van der Waals surface area contributed by atoms with Gasteiger partial charge in [0.25, 0.3) is 0 Å². The molecule has 0 saturated carbocycles. The van der Waals surface area contributed by atoms with Crippen LogP contribution in [0.2, 0.25) is 0 Å². The Morgan fingerprint density at radius 3 is 2.78 bits per heavy atom. The Balaban J connectivity index is 1.72. The van der Waals surface area contributed by atoms with Crippen LogP contribution in [-0.4, -0.2) is 79.1 Å². The van der Waals surface area contributed by atoms with Crippen molar-refractivity contribution in [3.63, 3.8) is 0 Å². The number of nitrogens with one attached hydrogen (secondary N) is 1. The summed E-state index contributed by atoms with van der Waals surface area (Å²) in [4.78, 5) is 29.4. The zero-order valence-electron chi connectivity index (χ0n) is 17.6.